The Hall–Kier alpha value is -1.74. The van der Waals surface area contributed by atoms with Crippen LogP contribution in [0.5, 0.6) is 0 Å². The van der Waals surface area contributed by atoms with Gasteiger partial charge >= 0.3 is 0 Å². The first-order chi connectivity index (χ1) is 13.6. The molecule has 29 heavy (non-hydrogen) atoms. The number of hydrogen-bond acceptors (Lipinski definition) is 4. The molecule has 0 saturated carbocycles. The lowest BCUT2D eigenvalue weighted by molar-refractivity contribution is -0.121. The van der Waals surface area contributed by atoms with Crippen molar-refractivity contribution in [3.8, 4) is 0 Å². The minimum Gasteiger partial charge on any atom is -0.354 e. The molecule has 1 aromatic carbocycles. The molecule has 1 heterocycles. The molecule has 0 aromatic heterocycles. The number of halogens is 2. The van der Waals surface area contributed by atoms with Gasteiger partial charge in [-0.25, -0.2) is 17.2 Å². The SMILES string of the molecule is CCC1CCCCN1CCCNC(=O)C(C)N(c1ccc(F)c(F)c1)S(C)(=O)=O. The van der Waals surface area contributed by atoms with Crippen LogP contribution in [-0.2, 0) is 14.8 Å². The van der Waals surface area contributed by atoms with Gasteiger partial charge in [-0.2, -0.15) is 0 Å². The Kier molecular flexibility index (Phi) is 8.39. The molecule has 0 aliphatic carbocycles. The van der Waals surface area contributed by atoms with Crippen LogP contribution >= 0.6 is 0 Å². The third-order valence-electron chi connectivity index (χ3n) is 5.39. The van der Waals surface area contributed by atoms with E-state index in [0.717, 1.165) is 54.7 Å². The number of likely N-dealkylation sites (tertiary alicyclic amines) is 1. The lowest BCUT2D eigenvalue weighted by Gasteiger charge is -2.35. The lowest BCUT2D eigenvalue weighted by Crippen LogP contribution is -2.48. The van der Waals surface area contributed by atoms with Gasteiger partial charge < -0.3 is 10.2 Å². The first-order valence-corrected chi connectivity index (χ1v) is 12.0. The molecule has 1 amide bonds. The predicted molar refractivity (Wildman–Crippen MR) is 110 cm³/mol. The molecule has 0 radical (unpaired) electrons. The maximum atomic E-state index is 13.6. The summed E-state index contributed by atoms with van der Waals surface area (Å²) >= 11 is 0. The second kappa shape index (κ2) is 10.3. The van der Waals surface area contributed by atoms with Crippen molar-refractivity contribution in [1.29, 1.82) is 0 Å². The minimum absolute atomic E-state index is 0.0897. The Labute approximate surface area is 172 Å². The normalized spacial score (nSPS) is 19.0. The van der Waals surface area contributed by atoms with Crippen LogP contribution in [-0.4, -0.2) is 57.2 Å². The fourth-order valence-electron chi connectivity index (χ4n) is 3.89. The van der Waals surface area contributed by atoms with Crippen molar-refractivity contribution in [1.82, 2.24) is 10.2 Å². The Morgan fingerprint density at radius 1 is 1.31 bits per heavy atom. The monoisotopic (exact) mass is 431 g/mol. The van der Waals surface area contributed by atoms with Crippen molar-refractivity contribution in [2.45, 2.75) is 58.0 Å². The van der Waals surface area contributed by atoms with E-state index in [1.165, 1.54) is 26.2 Å². The number of nitrogens with zero attached hydrogens (tertiary/aromatic N) is 2. The molecule has 1 fully saturated rings. The number of carbonyl (C=O) groups excluding carboxylic acids is 1. The number of piperidine rings is 1. The van der Waals surface area contributed by atoms with E-state index in [4.69, 9.17) is 0 Å². The van der Waals surface area contributed by atoms with Gasteiger partial charge in [-0.05, 0) is 51.3 Å². The molecular weight excluding hydrogens is 400 g/mol. The molecule has 0 bridgehead atoms. The van der Waals surface area contributed by atoms with Gasteiger partial charge in [0.2, 0.25) is 15.9 Å². The number of carbonyl (C=O) groups is 1. The number of benzene rings is 1. The van der Waals surface area contributed by atoms with E-state index < -0.39 is 33.6 Å². The summed E-state index contributed by atoms with van der Waals surface area (Å²) < 4.78 is 52.0. The number of hydrogen-bond donors (Lipinski definition) is 1. The zero-order valence-corrected chi connectivity index (χ0v) is 18.1. The Morgan fingerprint density at radius 3 is 2.66 bits per heavy atom. The summed E-state index contributed by atoms with van der Waals surface area (Å²) in [4.78, 5) is 15.0. The van der Waals surface area contributed by atoms with Crippen LogP contribution in [0.1, 0.15) is 46.0 Å². The highest BCUT2D eigenvalue weighted by atomic mass is 32.2. The van der Waals surface area contributed by atoms with Gasteiger partial charge in [-0.3, -0.25) is 9.10 Å². The number of rotatable bonds is 9. The summed E-state index contributed by atoms with van der Waals surface area (Å²) in [7, 11) is -3.88. The van der Waals surface area contributed by atoms with Crippen LogP contribution < -0.4 is 9.62 Å². The van der Waals surface area contributed by atoms with Gasteiger partial charge in [0.1, 0.15) is 6.04 Å². The second-order valence-electron chi connectivity index (χ2n) is 7.57. The first-order valence-electron chi connectivity index (χ1n) is 10.1. The highest BCUT2D eigenvalue weighted by Crippen LogP contribution is 2.23. The van der Waals surface area contributed by atoms with E-state index in [0.29, 0.717) is 12.6 Å². The van der Waals surface area contributed by atoms with Crippen molar-refractivity contribution in [2.75, 3.05) is 30.2 Å². The Bertz CT molecular complexity index is 804. The summed E-state index contributed by atoms with van der Waals surface area (Å²) in [5, 5.41) is 2.76. The third kappa shape index (κ3) is 6.37. The molecule has 2 atom stereocenters. The van der Waals surface area contributed by atoms with Gasteiger partial charge in [-0.1, -0.05) is 13.3 Å². The molecule has 164 valence electrons. The average molecular weight is 432 g/mol. The lowest BCUT2D eigenvalue weighted by atomic mass is 10.00. The fourth-order valence-corrected chi connectivity index (χ4v) is 5.06. The van der Waals surface area contributed by atoms with Gasteiger partial charge in [0.15, 0.2) is 11.6 Å². The molecule has 2 unspecified atom stereocenters. The van der Waals surface area contributed by atoms with Crippen molar-refractivity contribution >= 4 is 21.6 Å². The van der Waals surface area contributed by atoms with Crippen LogP contribution in [0.25, 0.3) is 0 Å². The van der Waals surface area contributed by atoms with Crippen molar-refractivity contribution in [3.63, 3.8) is 0 Å². The fraction of sp³-hybridized carbons (Fsp3) is 0.650. The van der Waals surface area contributed by atoms with E-state index in [1.54, 1.807) is 0 Å². The highest BCUT2D eigenvalue weighted by Gasteiger charge is 2.29. The van der Waals surface area contributed by atoms with E-state index in [1.807, 2.05) is 0 Å². The number of amides is 1. The maximum Gasteiger partial charge on any atom is 0.243 e. The quantitative estimate of drug-likeness (QED) is 0.611. The van der Waals surface area contributed by atoms with E-state index in [2.05, 4.69) is 17.1 Å². The van der Waals surface area contributed by atoms with Crippen molar-refractivity contribution in [3.05, 3.63) is 29.8 Å². The maximum absolute atomic E-state index is 13.6. The number of anilines is 1. The number of sulfonamides is 1. The molecule has 6 nitrogen and oxygen atoms in total. The summed E-state index contributed by atoms with van der Waals surface area (Å²) in [5.74, 6) is -2.73. The number of nitrogens with one attached hydrogen (secondary N) is 1. The standard InChI is InChI=1S/C20H31F2N3O3S/c1-4-16-8-5-6-12-24(16)13-7-11-23-20(26)15(2)25(29(3,27)28)17-9-10-18(21)19(22)14-17/h9-10,14-16H,4-8,11-13H2,1-3H3,(H,23,26). The first kappa shape index (κ1) is 23.5. The molecule has 1 aliphatic rings. The van der Waals surface area contributed by atoms with Gasteiger partial charge in [0.05, 0.1) is 11.9 Å². The van der Waals surface area contributed by atoms with E-state index in [-0.39, 0.29) is 5.69 Å². The van der Waals surface area contributed by atoms with Crippen LogP contribution in [0.15, 0.2) is 18.2 Å². The zero-order chi connectivity index (χ0) is 21.6. The highest BCUT2D eigenvalue weighted by molar-refractivity contribution is 7.92. The van der Waals surface area contributed by atoms with Gasteiger partial charge in [0.25, 0.3) is 0 Å². The van der Waals surface area contributed by atoms with Crippen molar-refractivity contribution in [2.24, 2.45) is 0 Å². The van der Waals surface area contributed by atoms with Crippen LogP contribution in [0.4, 0.5) is 14.5 Å². The Balaban J connectivity index is 1.96. The molecule has 0 spiro atoms. The Morgan fingerprint density at radius 2 is 2.03 bits per heavy atom. The molecule has 1 aliphatic heterocycles. The average Bonchev–Trinajstić information content (AvgIpc) is 2.67. The van der Waals surface area contributed by atoms with Crippen LogP contribution in [0.2, 0.25) is 0 Å². The summed E-state index contributed by atoms with van der Waals surface area (Å²) in [6, 6.07) is 2.27. The molecular formula is C20H31F2N3O3S. The topological polar surface area (TPSA) is 69.7 Å². The molecule has 1 saturated heterocycles. The molecule has 1 N–H and O–H groups in total. The minimum atomic E-state index is -3.88. The third-order valence-corrected chi connectivity index (χ3v) is 6.63. The van der Waals surface area contributed by atoms with E-state index in [9.17, 15) is 22.0 Å². The summed E-state index contributed by atoms with van der Waals surface area (Å²) in [6.45, 7) is 5.98. The smallest absolute Gasteiger partial charge is 0.243 e. The second-order valence-corrected chi connectivity index (χ2v) is 9.43. The molecule has 9 heteroatoms. The van der Waals surface area contributed by atoms with Crippen molar-refractivity contribution < 1.29 is 22.0 Å². The van der Waals surface area contributed by atoms with Gasteiger partial charge in [-0.15, -0.1) is 0 Å². The van der Waals surface area contributed by atoms with Gasteiger partial charge in [0, 0.05) is 25.2 Å². The van der Waals surface area contributed by atoms with E-state index >= 15 is 0 Å². The van der Waals surface area contributed by atoms with Crippen LogP contribution in [0.3, 0.4) is 0 Å². The van der Waals surface area contributed by atoms with Crippen LogP contribution in [0, 0.1) is 11.6 Å². The zero-order valence-electron chi connectivity index (χ0n) is 17.3. The summed E-state index contributed by atoms with van der Waals surface area (Å²) in [5.41, 5.74) is -0.0897. The molecule has 1 aromatic rings. The largest absolute Gasteiger partial charge is 0.354 e. The molecule has 2 rings (SSSR count). The summed E-state index contributed by atoms with van der Waals surface area (Å²) in [6.07, 6.45) is 6.46. The predicted octanol–water partition coefficient (Wildman–Crippen LogP) is 2.89.